The molecule has 3 heterocycles. The number of anilines is 1. The molecule has 0 amide bonds. The average molecular weight is 540 g/mol. The quantitative estimate of drug-likeness (QED) is 0.325. The molecule has 36 heavy (non-hydrogen) atoms. The van der Waals surface area contributed by atoms with E-state index >= 15 is 0 Å². The van der Waals surface area contributed by atoms with Gasteiger partial charge in [0.15, 0.2) is 6.23 Å². The first-order valence-corrected chi connectivity index (χ1v) is 10.9. The number of nitrogens with one attached hydrogen (secondary N) is 1. The fourth-order valence-electron chi connectivity index (χ4n) is 4.44. The molecule has 194 valence electrons. The van der Waals surface area contributed by atoms with Crippen molar-refractivity contribution in [2.45, 2.75) is 30.6 Å². The number of aliphatic imine (C=N–C) groups is 1. The zero-order valence-corrected chi connectivity index (χ0v) is 20.7. The van der Waals surface area contributed by atoms with Crippen LogP contribution in [0.3, 0.4) is 0 Å². The molecule has 3 aromatic rings. The molecule has 5 rings (SSSR count). The highest BCUT2D eigenvalue weighted by Crippen LogP contribution is 2.44. The lowest BCUT2D eigenvalue weighted by Gasteiger charge is -2.28. The lowest BCUT2D eigenvalue weighted by molar-refractivity contribution is -0.121. The zero-order valence-electron chi connectivity index (χ0n) is 19.1. The van der Waals surface area contributed by atoms with E-state index in [-0.39, 0.29) is 37.2 Å². The molecule has 0 spiro atoms. The van der Waals surface area contributed by atoms with Crippen molar-refractivity contribution in [3.05, 3.63) is 72.2 Å². The number of nitrogens with two attached hydrogens (primary N) is 1. The number of aromatic nitrogens is 1. The van der Waals surface area contributed by atoms with Crippen LogP contribution in [-0.4, -0.2) is 62.2 Å². The first-order chi connectivity index (χ1) is 16.5. The highest BCUT2D eigenvalue weighted by atomic mass is 35.5. The van der Waals surface area contributed by atoms with Gasteiger partial charge in [0.05, 0.1) is 18.8 Å². The summed E-state index contributed by atoms with van der Waals surface area (Å²) in [5.41, 5.74) is 10.9. The Balaban J connectivity index is 0.00000180. The van der Waals surface area contributed by atoms with Gasteiger partial charge in [0.1, 0.15) is 35.8 Å². The van der Waals surface area contributed by atoms with Crippen molar-refractivity contribution in [2.24, 2.45) is 10.7 Å². The number of benzene rings is 2. The minimum atomic E-state index is -1.47. The van der Waals surface area contributed by atoms with Crippen LogP contribution in [0.25, 0.3) is 11.1 Å². The maximum Gasteiger partial charge on any atom is 0.164 e. The molecule has 0 unspecified atom stereocenters. The molecule has 6 N–H and O–H groups in total. The van der Waals surface area contributed by atoms with Crippen LogP contribution in [0, 0.1) is 5.82 Å². The van der Waals surface area contributed by atoms with E-state index in [1.54, 1.807) is 28.0 Å². The molecular formula is C24H28Cl2FN5O4. The number of fused-ring (bicyclic) bond motifs is 1. The molecule has 9 nitrogen and oxygen atoms in total. The molecule has 4 atom stereocenters. The van der Waals surface area contributed by atoms with Gasteiger partial charge in [-0.2, -0.15) is 0 Å². The number of rotatable bonds is 6. The number of ether oxygens (including phenoxy) is 1. The lowest BCUT2D eigenvalue weighted by Crippen LogP contribution is -2.51. The maximum atomic E-state index is 13.3. The molecule has 0 aliphatic carbocycles. The van der Waals surface area contributed by atoms with Crippen LogP contribution in [0.4, 0.5) is 15.9 Å². The van der Waals surface area contributed by atoms with Crippen LogP contribution in [-0.2, 0) is 11.3 Å². The second-order valence-corrected chi connectivity index (χ2v) is 8.48. The first kappa shape index (κ1) is 27.9. The Hall–Kier alpha value is -2.70. The second kappa shape index (κ2) is 11.1. The van der Waals surface area contributed by atoms with E-state index in [0.717, 1.165) is 16.7 Å². The summed E-state index contributed by atoms with van der Waals surface area (Å²) in [6, 6.07) is 15.7. The zero-order chi connectivity index (χ0) is 23.9. The van der Waals surface area contributed by atoms with E-state index < -0.39 is 30.6 Å². The normalized spacial score (nSPS) is 24.6. The van der Waals surface area contributed by atoms with Gasteiger partial charge in [-0.1, -0.05) is 30.3 Å². The summed E-state index contributed by atoms with van der Waals surface area (Å²) in [4.78, 5) is 4.60. The molecule has 0 bridgehead atoms. The van der Waals surface area contributed by atoms with Crippen molar-refractivity contribution in [1.82, 2.24) is 9.58 Å². The van der Waals surface area contributed by atoms with Crippen molar-refractivity contribution in [2.75, 3.05) is 18.6 Å². The summed E-state index contributed by atoms with van der Waals surface area (Å²) in [6.07, 6.45) is -0.262. The largest absolute Gasteiger partial charge is 0.393 e. The molecule has 1 aromatic heterocycles. The Kier molecular flexibility index (Phi) is 8.63. The van der Waals surface area contributed by atoms with Crippen LogP contribution < -0.4 is 11.2 Å². The molecule has 0 radical (unpaired) electrons. The predicted molar refractivity (Wildman–Crippen MR) is 139 cm³/mol. The van der Waals surface area contributed by atoms with Gasteiger partial charge in [-0.3, -0.25) is 10.4 Å². The van der Waals surface area contributed by atoms with Gasteiger partial charge < -0.3 is 30.4 Å². The fourth-order valence-corrected chi connectivity index (χ4v) is 4.44. The molecule has 1 saturated heterocycles. The van der Waals surface area contributed by atoms with Gasteiger partial charge in [-0.15, -0.1) is 24.8 Å². The molecule has 12 heteroatoms. The molecule has 2 aromatic carbocycles. The highest BCUT2D eigenvalue weighted by molar-refractivity contribution is 5.85. The number of hydrazine groups is 1. The van der Waals surface area contributed by atoms with Crippen molar-refractivity contribution in [1.29, 1.82) is 0 Å². The van der Waals surface area contributed by atoms with Crippen LogP contribution in [0.5, 0.6) is 0 Å². The topological polar surface area (TPSA) is 128 Å². The van der Waals surface area contributed by atoms with Gasteiger partial charge in [0.2, 0.25) is 0 Å². The van der Waals surface area contributed by atoms with Crippen molar-refractivity contribution in [3.63, 3.8) is 0 Å². The summed E-state index contributed by atoms with van der Waals surface area (Å²) >= 11 is 0. The van der Waals surface area contributed by atoms with Crippen LogP contribution >= 0.6 is 24.8 Å². The second-order valence-electron chi connectivity index (χ2n) is 8.48. The smallest absolute Gasteiger partial charge is 0.164 e. The summed E-state index contributed by atoms with van der Waals surface area (Å²) < 4.78 is 20.9. The average Bonchev–Trinajstić information content (AvgIpc) is 3.36. The fraction of sp³-hybridized carbons (Fsp3) is 0.292. The minimum absolute atomic E-state index is 0. The SMILES string of the molecule is Cl.Cl.NC[C@]1(CO)O[C@@H](n2cc(-c3ccccc3)c3c2N=CN(Nc2ccc(F)cc2)C3)[C@H](O)[C@@H]1O. The Morgan fingerprint density at radius 2 is 1.81 bits per heavy atom. The van der Waals surface area contributed by atoms with E-state index in [4.69, 9.17) is 10.5 Å². The van der Waals surface area contributed by atoms with Crippen molar-refractivity contribution >= 4 is 42.7 Å². The highest BCUT2D eigenvalue weighted by Gasteiger charge is 2.54. The Labute approximate surface area is 219 Å². The number of hydrogen-bond donors (Lipinski definition) is 5. The summed E-state index contributed by atoms with van der Waals surface area (Å²) in [5.74, 6) is 0.232. The Morgan fingerprint density at radius 1 is 1.11 bits per heavy atom. The number of halogens is 3. The van der Waals surface area contributed by atoms with E-state index in [9.17, 15) is 19.7 Å². The van der Waals surface area contributed by atoms with Gasteiger partial charge in [0, 0.05) is 23.9 Å². The summed E-state index contributed by atoms with van der Waals surface area (Å²) in [5, 5.41) is 33.0. The number of aliphatic hydroxyl groups is 3. The van der Waals surface area contributed by atoms with E-state index in [0.29, 0.717) is 18.1 Å². The molecule has 2 aliphatic heterocycles. The lowest BCUT2D eigenvalue weighted by atomic mass is 9.96. The monoisotopic (exact) mass is 539 g/mol. The van der Waals surface area contributed by atoms with E-state index in [1.165, 1.54) is 12.1 Å². The summed E-state index contributed by atoms with van der Waals surface area (Å²) in [7, 11) is 0. The number of nitrogens with zero attached hydrogens (tertiary/aromatic N) is 3. The maximum absolute atomic E-state index is 13.3. The third-order valence-electron chi connectivity index (χ3n) is 6.35. The van der Waals surface area contributed by atoms with Gasteiger partial charge >= 0.3 is 0 Å². The van der Waals surface area contributed by atoms with Gasteiger partial charge in [-0.25, -0.2) is 9.38 Å². The number of hydrogen-bond acceptors (Lipinski definition) is 8. The number of aliphatic hydroxyl groups excluding tert-OH is 3. The van der Waals surface area contributed by atoms with Gasteiger partial charge in [0.25, 0.3) is 0 Å². The van der Waals surface area contributed by atoms with Crippen molar-refractivity contribution < 1.29 is 24.4 Å². The Morgan fingerprint density at radius 3 is 2.42 bits per heavy atom. The predicted octanol–water partition coefficient (Wildman–Crippen LogP) is 2.58. The van der Waals surface area contributed by atoms with Crippen LogP contribution in [0.15, 0.2) is 65.8 Å². The molecule has 0 saturated carbocycles. The summed E-state index contributed by atoms with van der Waals surface area (Å²) in [6.45, 7) is -0.279. The van der Waals surface area contributed by atoms with E-state index in [2.05, 4.69) is 10.4 Å². The first-order valence-electron chi connectivity index (χ1n) is 10.9. The standard InChI is InChI=1S/C24H26FN5O4.2ClH/c25-16-6-8-17(9-7-16)28-29-10-19-18(15-4-2-1-3-5-15)11-30(22(19)27-14-29)23-20(32)21(33)24(12-26,13-31)34-23;;/h1-9,11,14,20-21,23,28,31-33H,10,12-13,26H2;2*1H/t20-,21+,23-,24-;;/m1../s1. The van der Waals surface area contributed by atoms with Crippen LogP contribution in [0.2, 0.25) is 0 Å². The van der Waals surface area contributed by atoms with E-state index in [1.807, 2.05) is 36.5 Å². The molecule has 1 fully saturated rings. The third-order valence-corrected chi connectivity index (χ3v) is 6.35. The Bertz CT molecular complexity index is 1190. The molecular weight excluding hydrogens is 512 g/mol. The van der Waals surface area contributed by atoms with Crippen LogP contribution in [0.1, 0.15) is 11.8 Å². The van der Waals surface area contributed by atoms with Crippen molar-refractivity contribution in [3.8, 4) is 11.1 Å². The third kappa shape index (κ3) is 4.81. The minimum Gasteiger partial charge on any atom is -0.393 e. The van der Waals surface area contributed by atoms with Gasteiger partial charge in [-0.05, 0) is 29.8 Å². The molecule has 2 aliphatic rings.